The van der Waals surface area contributed by atoms with Gasteiger partial charge in [-0.25, -0.2) is 0 Å². The SMILES string of the molecule is CCCCCCCCCC/C=C/CCCCCCCCCC(=O)OC(COCCC(C(=O)[O-])[N+](C)(C)C)COC(=O)CCCCCCCCCCCCCCCCC. The third-order valence-corrected chi connectivity index (χ3v) is 11.4. The van der Waals surface area contributed by atoms with Gasteiger partial charge in [-0.3, -0.25) is 9.59 Å². The van der Waals surface area contributed by atoms with Gasteiger partial charge in [0.2, 0.25) is 0 Å². The van der Waals surface area contributed by atoms with Gasteiger partial charge in [0.05, 0.1) is 40.3 Å². The number of hydrogen-bond acceptors (Lipinski definition) is 7. The van der Waals surface area contributed by atoms with Gasteiger partial charge in [0.1, 0.15) is 12.6 Å². The van der Waals surface area contributed by atoms with Crippen LogP contribution in [0.25, 0.3) is 0 Å². The summed E-state index contributed by atoms with van der Waals surface area (Å²) in [4.78, 5) is 37.0. The highest BCUT2D eigenvalue weighted by Gasteiger charge is 2.25. The summed E-state index contributed by atoms with van der Waals surface area (Å²) in [6.07, 6.45) is 45.2. The van der Waals surface area contributed by atoms with Crippen molar-refractivity contribution in [3.05, 3.63) is 12.2 Å². The number of rotatable bonds is 45. The van der Waals surface area contributed by atoms with Gasteiger partial charge in [-0.15, -0.1) is 0 Å². The summed E-state index contributed by atoms with van der Waals surface area (Å²) in [5, 5.41) is 11.6. The molecule has 0 aliphatic rings. The summed E-state index contributed by atoms with van der Waals surface area (Å²) in [5.74, 6) is -1.72. The number of carboxylic acid groups (broad SMARTS) is 1. The lowest BCUT2D eigenvalue weighted by Gasteiger charge is -2.34. The molecule has 0 saturated heterocycles. The Labute approximate surface area is 359 Å². The third kappa shape index (κ3) is 39.5. The summed E-state index contributed by atoms with van der Waals surface area (Å²) >= 11 is 0. The van der Waals surface area contributed by atoms with Crippen molar-refractivity contribution in [2.24, 2.45) is 0 Å². The first-order chi connectivity index (χ1) is 28.1. The number of nitrogens with zero attached hydrogens (tertiary/aromatic N) is 1. The van der Waals surface area contributed by atoms with Crippen LogP contribution in [0.4, 0.5) is 0 Å². The fourth-order valence-electron chi connectivity index (χ4n) is 7.54. The van der Waals surface area contributed by atoms with Crippen LogP contribution in [0.2, 0.25) is 0 Å². The van der Waals surface area contributed by atoms with Crippen molar-refractivity contribution in [2.75, 3.05) is 41.0 Å². The minimum absolute atomic E-state index is 0.0449. The molecule has 0 N–H and O–H groups in total. The molecule has 0 amide bonds. The van der Waals surface area contributed by atoms with Gasteiger partial charge in [-0.1, -0.05) is 193 Å². The summed E-state index contributed by atoms with van der Waals surface area (Å²) in [6.45, 7) is 4.70. The number of carboxylic acids is 1. The Hall–Kier alpha value is -1.93. The first-order valence-electron chi connectivity index (χ1n) is 24.7. The topological polar surface area (TPSA) is 102 Å². The maximum Gasteiger partial charge on any atom is 0.306 e. The molecule has 0 bridgehead atoms. The van der Waals surface area contributed by atoms with Gasteiger partial charge in [0, 0.05) is 19.3 Å². The Morgan fingerprint density at radius 1 is 0.500 bits per heavy atom. The van der Waals surface area contributed by atoms with Gasteiger partial charge in [-0.05, 0) is 38.5 Å². The molecule has 0 spiro atoms. The van der Waals surface area contributed by atoms with Crippen molar-refractivity contribution in [2.45, 2.75) is 251 Å². The van der Waals surface area contributed by atoms with Gasteiger partial charge in [-0.2, -0.15) is 0 Å². The van der Waals surface area contributed by atoms with Crippen LogP contribution in [-0.4, -0.2) is 75.5 Å². The summed E-state index contributed by atoms with van der Waals surface area (Å²) in [5.41, 5.74) is 0. The van der Waals surface area contributed by atoms with Crippen LogP contribution in [0.1, 0.15) is 239 Å². The Kier molecular flexibility index (Phi) is 40.4. The molecule has 342 valence electrons. The number of unbranched alkanes of at least 4 members (excludes halogenated alkanes) is 29. The molecule has 0 aromatic heterocycles. The number of hydrogen-bond donors (Lipinski definition) is 0. The number of esters is 2. The maximum atomic E-state index is 12.8. The third-order valence-electron chi connectivity index (χ3n) is 11.4. The molecule has 58 heavy (non-hydrogen) atoms. The lowest BCUT2D eigenvalue weighted by atomic mass is 10.0. The number of carbonyl (C=O) groups is 3. The molecule has 8 heteroatoms. The van der Waals surface area contributed by atoms with Crippen LogP contribution in [0.5, 0.6) is 0 Å². The Morgan fingerprint density at radius 2 is 0.862 bits per heavy atom. The normalized spacial score (nSPS) is 12.9. The van der Waals surface area contributed by atoms with Crippen molar-refractivity contribution in [1.82, 2.24) is 0 Å². The molecular weight excluding hydrogens is 727 g/mol. The quantitative estimate of drug-likeness (QED) is 0.0261. The second-order valence-electron chi connectivity index (χ2n) is 18.1. The van der Waals surface area contributed by atoms with E-state index in [2.05, 4.69) is 26.0 Å². The molecule has 0 aliphatic carbocycles. The van der Waals surface area contributed by atoms with E-state index in [-0.39, 0.29) is 42.7 Å². The molecule has 0 fully saturated rings. The van der Waals surface area contributed by atoms with E-state index in [9.17, 15) is 19.5 Å². The highest BCUT2D eigenvalue weighted by molar-refractivity contribution is 5.70. The second-order valence-corrected chi connectivity index (χ2v) is 18.1. The molecule has 0 saturated carbocycles. The van der Waals surface area contributed by atoms with Crippen molar-refractivity contribution in [3.63, 3.8) is 0 Å². The van der Waals surface area contributed by atoms with Crippen molar-refractivity contribution >= 4 is 17.9 Å². The minimum Gasteiger partial charge on any atom is -0.544 e. The molecule has 0 rings (SSSR count). The van der Waals surface area contributed by atoms with E-state index in [1.807, 2.05) is 0 Å². The van der Waals surface area contributed by atoms with Crippen LogP contribution < -0.4 is 5.11 Å². The predicted molar refractivity (Wildman–Crippen MR) is 241 cm³/mol. The van der Waals surface area contributed by atoms with Gasteiger partial charge in [0.15, 0.2) is 6.10 Å². The molecule has 0 radical (unpaired) electrons. The molecule has 0 aromatic carbocycles. The smallest absolute Gasteiger partial charge is 0.306 e. The van der Waals surface area contributed by atoms with E-state index in [4.69, 9.17) is 14.2 Å². The standard InChI is InChI=1S/C50H95NO7/c1-6-8-10-12-14-16-18-20-22-23-24-25-27-29-31-33-35-37-39-41-49(53)58-46(44-56-43-42-47(50(54)55)51(3,4)5)45-57-48(52)40-38-36-34-32-30-28-26-21-19-17-15-13-11-9-7-2/h23-24,46-47H,6-22,25-45H2,1-5H3/b24-23+. The Balaban J connectivity index is 4.25. The average molecular weight is 822 g/mol. The number of quaternary nitrogens is 1. The molecule has 0 aromatic rings. The van der Waals surface area contributed by atoms with Gasteiger partial charge < -0.3 is 28.6 Å². The van der Waals surface area contributed by atoms with E-state index < -0.39 is 18.1 Å². The zero-order valence-corrected chi connectivity index (χ0v) is 39.0. The lowest BCUT2D eigenvalue weighted by Crippen LogP contribution is -2.55. The highest BCUT2D eigenvalue weighted by atomic mass is 16.6. The average Bonchev–Trinajstić information content (AvgIpc) is 3.18. The molecule has 2 atom stereocenters. The van der Waals surface area contributed by atoms with E-state index in [1.54, 1.807) is 21.1 Å². The first-order valence-corrected chi connectivity index (χ1v) is 24.7. The minimum atomic E-state index is -1.12. The van der Waals surface area contributed by atoms with Crippen molar-refractivity contribution in [3.8, 4) is 0 Å². The number of allylic oxidation sites excluding steroid dienone is 2. The predicted octanol–water partition coefficient (Wildman–Crippen LogP) is 12.5. The monoisotopic (exact) mass is 822 g/mol. The molecule has 0 aliphatic heterocycles. The number of ether oxygens (including phenoxy) is 3. The van der Waals surface area contributed by atoms with Gasteiger partial charge >= 0.3 is 11.9 Å². The fourth-order valence-corrected chi connectivity index (χ4v) is 7.54. The summed E-state index contributed by atoms with van der Waals surface area (Å²) < 4.78 is 17.2. The second kappa shape index (κ2) is 41.8. The zero-order chi connectivity index (χ0) is 42.8. The number of likely N-dealkylation sites (N-methyl/N-ethyl adjacent to an activating group) is 1. The van der Waals surface area contributed by atoms with Crippen molar-refractivity contribution in [1.29, 1.82) is 0 Å². The van der Waals surface area contributed by atoms with Crippen molar-refractivity contribution < 1.29 is 38.2 Å². The van der Waals surface area contributed by atoms with Crippen LogP contribution in [0.3, 0.4) is 0 Å². The van der Waals surface area contributed by atoms with E-state index in [0.717, 1.165) is 38.5 Å². The molecule has 0 heterocycles. The van der Waals surface area contributed by atoms with E-state index in [1.165, 1.54) is 167 Å². The number of aliphatic carboxylic acids is 1. The fraction of sp³-hybridized carbons (Fsp3) is 0.900. The number of carbonyl (C=O) groups excluding carboxylic acids is 3. The highest BCUT2D eigenvalue weighted by Crippen LogP contribution is 2.16. The zero-order valence-electron chi connectivity index (χ0n) is 39.0. The van der Waals surface area contributed by atoms with E-state index in [0.29, 0.717) is 12.8 Å². The van der Waals surface area contributed by atoms with Crippen LogP contribution >= 0.6 is 0 Å². The van der Waals surface area contributed by atoms with E-state index >= 15 is 0 Å². The maximum absolute atomic E-state index is 12.8. The Bertz CT molecular complexity index is 962. The van der Waals surface area contributed by atoms with Gasteiger partial charge in [0.25, 0.3) is 0 Å². The molecular formula is C50H95NO7. The Morgan fingerprint density at radius 3 is 1.24 bits per heavy atom. The van der Waals surface area contributed by atoms with Crippen LogP contribution in [0, 0.1) is 0 Å². The van der Waals surface area contributed by atoms with Crippen LogP contribution in [-0.2, 0) is 28.6 Å². The summed E-state index contributed by atoms with van der Waals surface area (Å²) in [7, 11) is 5.42. The lowest BCUT2D eigenvalue weighted by molar-refractivity contribution is -0.889. The first kappa shape index (κ1) is 56.1. The molecule has 8 nitrogen and oxygen atoms in total. The molecule has 2 unspecified atom stereocenters. The largest absolute Gasteiger partial charge is 0.544 e. The van der Waals surface area contributed by atoms with Crippen LogP contribution in [0.15, 0.2) is 12.2 Å². The summed E-state index contributed by atoms with van der Waals surface area (Å²) in [6, 6.07) is -0.722.